The van der Waals surface area contributed by atoms with Crippen LogP contribution in [0.3, 0.4) is 0 Å². The Morgan fingerprint density at radius 2 is 1.10 bits per heavy atom. The minimum absolute atomic E-state index is 0.371. The largest absolute Gasteiger partial charge is 0.423 e. The second-order valence-corrected chi connectivity index (χ2v) is 7.72. The first-order valence-electron chi connectivity index (χ1n) is 10.7. The maximum Gasteiger partial charge on any atom is 0.343 e. The Hall–Kier alpha value is -3.40. The molecule has 160 valence electrons. The Bertz CT molecular complexity index is 1000. The first-order chi connectivity index (χ1) is 15.0. The first kappa shape index (κ1) is 22.3. The van der Waals surface area contributed by atoms with E-state index in [4.69, 9.17) is 9.47 Å². The first-order valence-corrected chi connectivity index (χ1v) is 10.7. The fourth-order valence-corrected chi connectivity index (χ4v) is 3.11. The summed E-state index contributed by atoms with van der Waals surface area (Å²) in [5.74, 6) is 0.606. The third-order valence-electron chi connectivity index (χ3n) is 5.31. The van der Waals surface area contributed by atoms with Gasteiger partial charge in [0.1, 0.15) is 11.5 Å². The van der Waals surface area contributed by atoms with E-state index in [9.17, 15) is 9.59 Å². The number of esters is 2. The van der Waals surface area contributed by atoms with E-state index in [1.165, 1.54) is 5.56 Å². The lowest BCUT2D eigenvalue weighted by molar-refractivity contribution is 0.0730. The highest BCUT2D eigenvalue weighted by Crippen LogP contribution is 2.19. The van der Waals surface area contributed by atoms with Crippen LogP contribution in [0.2, 0.25) is 0 Å². The summed E-state index contributed by atoms with van der Waals surface area (Å²) in [4.78, 5) is 24.7. The summed E-state index contributed by atoms with van der Waals surface area (Å²) in [6, 6.07) is 21.3. The van der Waals surface area contributed by atoms with Gasteiger partial charge in [-0.3, -0.25) is 0 Å². The third-order valence-corrected chi connectivity index (χ3v) is 5.31. The fourth-order valence-electron chi connectivity index (χ4n) is 3.11. The van der Waals surface area contributed by atoms with Crippen LogP contribution >= 0.6 is 0 Å². The number of rotatable bonds is 8. The zero-order valence-corrected chi connectivity index (χ0v) is 18.3. The molecule has 4 heteroatoms. The number of ether oxygens (including phenoxy) is 2. The molecular formula is C27H28O4. The van der Waals surface area contributed by atoms with Gasteiger partial charge in [0.2, 0.25) is 0 Å². The van der Waals surface area contributed by atoms with Gasteiger partial charge in [0, 0.05) is 0 Å². The predicted octanol–water partition coefficient (Wildman–Crippen LogP) is 6.28. The Morgan fingerprint density at radius 3 is 1.55 bits per heavy atom. The van der Waals surface area contributed by atoms with Crippen molar-refractivity contribution < 1.29 is 19.1 Å². The molecule has 1 unspecified atom stereocenters. The van der Waals surface area contributed by atoms with Gasteiger partial charge >= 0.3 is 11.9 Å². The molecule has 3 aromatic rings. The predicted molar refractivity (Wildman–Crippen MR) is 122 cm³/mol. The van der Waals surface area contributed by atoms with Crippen LogP contribution in [-0.2, 0) is 12.8 Å². The van der Waals surface area contributed by atoms with Gasteiger partial charge in [-0.05, 0) is 78.4 Å². The van der Waals surface area contributed by atoms with Crippen LogP contribution in [-0.4, -0.2) is 11.9 Å². The number of benzene rings is 3. The molecule has 0 aromatic heterocycles. The molecule has 0 aliphatic carbocycles. The van der Waals surface area contributed by atoms with Gasteiger partial charge in [0.05, 0.1) is 11.1 Å². The zero-order valence-electron chi connectivity index (χ0n) is 18.3. The smallest absolute Gasteiger partial charge is 0.343 e. The van der Waals surface area contributed by atoms with E-state index in [0.717, 1.165) is 24.8 Å². The molecule has 3 aromatic carbocycles. The minimum Gasteiger partial charge on any atom is -0.423 e. The van der Waals surface area contributed by atoms with Crippen molar-refractivity contribution in [3.8, 4) is 11.5 Å². The molecule has 0 fully saturated rings. The number of aryl methyl sites for hydroxylation is 1. The van der Waals surface area contributed by atoms with Gasteiger partial charge in [-0.2, -0.15) is 0 Å². The molecule has 0 saturated carbocycles. The molecule has 3 rings (SSSR count). The topological polar surface area (TPSA) is 52.6 Å². The Balaban J connectivity index is 1.57. The minimum atomic E-state index is -0.456. The van der Waals surface area contributed by atoms with Crippen molar-refractivity contribution in [1.82, 2.24) is 0 Å². The average molecular weight is 417 g/mol. The monoisotopic (exact) mass is 416 g/mol. The molecule has 31 heavy (non-hydrogen) atoms. The van der Waals surface area contributed by atoms with Crippen molar-refractivity contribution in [2.45, 2.75) is 40.0 Å². The average Bonchev–Trinajstić information content (AvgIpc) is 2.80. The van der Waals surface area contributed by atoms with E-state index < -0.39 is 11.9 Å². The number of carbonyl (C=O) groups is 2. The maximum atomic E-state index is 12.4. The van der Waals surface area contributed by atoms with Gasteiger partial charge in [-0.1, -0.05) is 51.5 Å². The molecule has 0 N–H and O–H groups in total. The van der Waals surface area contributed by atoms with Crippen molar-refractivity contribution in [2.75, 3.05) is 0 Å². The fraction of sp³-hybridized carbons (Fsp3) is 0.259. The van der Waals surface area contributed by atoms with Crippen LogP contribution in [0.25, 0.3) is 0 Å². The molecule has 0 aliphatic rings. The van der Waals surface area contributed by atoms with E-state index in [-0.39, 0.29) is 0 Å². The van der Waals surface area contributed by atoms with E-state index in [0.29, 0.717) is 28.5 Å². The van der Waals surface area contributed by atoms with Gasteiger partial charge < -0.3 is 9.47 Å². The summed E-state index contributed by atoms with van der Waals surface area (Å²) in [5.41, 5.74) is 3.25. The lowest BCUT2D eigenvalue weighted by Crippen LogP contribution is -2.10. The molecule has 0 radical (unpaired) electrons. The van der Waals surface area contributed by atoms with Crippen molar-refractivity contribution in [3.63, 3.8) is 0 Å². The molecule has 0 amide bonds. The highest BCUT2D eigenvalue weighted by atomic mass is 16.5. The summed E-state index contributed by atoms with van der Waals surface area (Å²) in [5, 5.41) is 0. The second-order valence-electron chi connectivity index (χ2n) is 7.72. The van der Waals surface area contributed by atoms with Crippen LogP contribution in [0, 0.1) is 5.92 Å². The Labute approximate surface area is 183 Å². The van der Waals surface area contributed by atoms with Crippen LogP contribution in [0.4, 0.5) is 0 Å². The summed E-state index contributed by atoms with van der Waals surface area (Å²) < 4.78 is 10.8. The zero-order chi connectivity index (χ0) is 22.2. The SMILES string of the molecule is CCc1ccc(C(=O)Oc2ccc(C(=O)Oc3ccc(CC(C)CC)cc3)cc2)cc1. The Kier molecular flexibility index (Phi) is 7.60. The quantitative estimate of drug-likeness (QED) is 0.320. The second kappa shape index (κ2) is 10.6. The summed E-state index contributed by atoms with van der Waals surface area (Å²) in [6.07, 6.45) is 3.05. The molecule has 0 bridgehead atoms. The summed E-state index contributed by atoms with van der Waals surface area (Å²) in [6.45, 7) is 6.45. The van der Waals surface area contributed by atoms with E-state index in [2.05, 4.69) is 20.8 Å². The van der Waals surface area contributed by atoms with Gasteiger partial charge in [0.25, 0.3) is 0 Å². The van der Waals surface area contributed by atoms with Crippen LogP contribution < -0.4 is 9.47 Å². The lowest BCUT2D eigenvalue weighted by Gasteiger charge is -2.09. The van der Waals surface area contributed by atoms with E-state index in [1.807, 2.05) is 36.4 Å². The maximum absolute atomic E-state index is 12.4. The highest BCUT2D eigenvalue weighted by Gasteiger charge is 2.12. The van der Waals surface area contributed by atoms with Crippen LogP contribution in [0.5, 0.6) is 11.5 Å². The molecule has 0 saturated heterocycles. The molecule has 0 spiro atoms. The summed E-state index contributed by atoms with van der Waals surface area (Å²) in [7, 11) is 0. The van der Waals surface area contributed by atoms with Crippen LogP contribution in [0.15, 0.2) is 72.8 Å². The molecule has 0 heterocycles. The number of hydrogen-bond acceptors (Lipinski definition) is 4. The van der Waals surface area contributed by atoms with Gasteiger partial charge in [-0.25, -0.2) is 9.59 Å². The molecule has 1 atom stereocenters. The highest BCUT2D eigenvalue weighted by molar-refractivity contribution is 5.92. The molecular weight excluding hydrogens is 388 g/mol. The standard InChI is InChI=1S/C27H28O4/c1-4-19(3)18-21-8-14-24(15-9-21)30-27(29)23-12-16-25(17-13-23)31-26(28)22-10-6-20(5-2)7-11-22/h6-17,19H,4-5,18H2,1-3H3. The van der Waals surface area contributed by atoms with Gasteiger partial charge in [0.15, 0.2) is 0 Å². The molecule has 0 aliphatic heterocycles. The normalized spacial score (nSPS) is 11.6. The van der Waals surface area contributed by atoms with E-state index >= 15 is 0 Å². The van der Waals surface area contributed by atoms with E-state index in [1.54, 1.807) is 36.4 Å². The van der Waals surface area contributed by atoms with Crippen molar-refractivity contribution in [2.24, 2.45) is 5.92 Å². The number of hydrogen-bond donors (Lipinski definition) is 0. The summed E-state index contributed by atoms with van der Waals surface area (Å²) >= 11 is 0. The number of carbonyl (C=O) groups excluding carboxylic acids is 2. The van der Waals surface area contributed by atoms with Gasteiger partial charge in [-0.15, -0.1) is 0 Å². The molecule has 4 nitrogen and oxygen atoms in total. The van der Waals surface area contributed by atoms with Crippen molar-refractivity contribution >= 4 is 11.9 Å². The lowest BCUT2D eigenvalue weighted by atomic mass is 9.99. The third kappa shape index (κ3) is 6.29. The Morgan fingerprint density at radius 1 is 0.677 bits per heavy atom. The van der Waals surface area contributed by atoms with Crippen LogP contribution in [0.1, 0.15) is 59.0 Å². The van der Waals surface area contributed by atoms with Crippen molar-refractivity contribution in [1.29, 1.82) is 0 Å². The van der Waals surface area contributed by atoms with Crippen molar-refractivity contribution in [3.05, 3.63) is 95.1 Å².